The number of carbonyl (C=O) groups excluding carboxylic acids is 1. The summed E-state index contributed by atoms with van der Waals surface area (Å²) >= 11 is 0. The first kappa shape index (κ1) is 13.0. The van der Waals surface area contributed by atoms with Crippen LogP contribution < -0.4 is 16.6 Å². The number of aromatic nitrogens is 2. The molecule has 0 radical (unpaired) electrons. The maximum absolute atomic E-state index is 12.0. The van der Waals surface area contributed by atoms with E-state index in [9.17, 15) is 4.79 Å². The van der Waals surface area contributed by atoms with Gasteiger partial charge in [-0.05, 0) is 19.1 Å². The number of benzene rings is 1. The molecule has 1 aromatic carbocycles. The molecule has 1 amide bonds. The van der Waals surface area contributed by atoms with Crippen molar-refractivity contribution in [2.24, 2.45) is 5.84 Å². The first-order chi connectivity index (χ1) is 9.20. The van der Waals surface area contributed by atoms with Crippen LogP contribution in [0.4, 0.5) is 5.69 Å². The van der Waals surface area contributed by atoms with Crippen LogP contribution in [0.25, 0.3) is 0 Å². The van der Waals surface area contributed by atoms with Crippen LogP contribution in [0.15, 0.2) is 29.1 Å². The lowest BCUT2D eigenvalue weighted by Gasteiger charge is -2.10. The Bertz CT molecular complexity index is 553. The van der Waals surface area contributed by atoms with Crippen molar-refractivity contribution >= 4 is 11.6 Å². The van der Waals surface area contributed by atoms with Gasteiger partial charge in [0.1, 0.15) is 0 Å². The molecule has 4 N–H and O–H groups in total. The second kappa shape index (κ2) is 5.96. The molecule has 2 rings (SSSR count). The third-order valence-electron chi connectivity index (χ3n) is 2.62. The third kappa shape index (κ3) is 3.29. The van der Waals surface area contributed by atoms with Crippen molar-refractivity contribution in [3.63, 3.8) is 0 Å². The predicted molar refractivity (Wildman–Crippen MR) is 69.3 cm³/mol. The quantitative estimate of drug-likeness (QED) is 0.538. The fourth-order valence-corrected chi connectivity index (χ4v) is 1.66. The summed E-state index contributed by atoms with van der Waals surface area (Å²) in [7, 11) is 0. The predicted octanol–water partition coefficient (Wildman–Crippen LogP) is 0.636. The van der Waals surface area contributed by atoms with Crippen LogP contribution in [0.3, 0.4) is 0 Å². The summed E-state index contributed by atoms with van der Waals surface area (Å²) in [6.45, 7) is 2.34. The van der Waals surface area contributed by atoms with Crippen molar-refractivity contribution < 1.29 is 9.32 Å². The van der Waals surface area contributed by atoms with Gasteiger partial charge < -0.3 is 15.3 Å². The second-order valence-corrected chi connectivity index (χ2v) is 4.05. The normalized spacial score (nSPS) is 10.2. The van der Waals surface area contributed by atoms with Gasteiger partial charge in [0.2, 0.25) is 6.39 Å². The van der Waals surface area contributed by atoms with E-state index >= 15 is 0 Å². The number of nitrogens with one attached hydrogen (secondary N) is 2. The lowest BCUT2D eigenvalue weighted by molar-refractivity contribution is 0.0954. The van der Waals surface area contributed by atoms with Crippen LogP contribution in [0.2, 0.25) is 0 Å². The van der Waals surface area contributed by atoms with Gasteiger partial charge >= 0.3 is 0 Å². The van der Waals surface area contributed by atoms with E-state index in [4.69, 9.17) is 5.84 Å². The average Bonchev–Trinajstić information content (AvgIpc) is 2.91. The van der Waals surface area contributed by atoms with Crippen molar-refractivity contribution in [1.82, 2.24) is 15.5 Å². The number of aryl methyl sites for hydroxylation is 1. The molecular weight excluding hydrogens is 246 g/mol. The van der Waals surface area contributed by atoms with Gasteiger partial charge in [-0.25, -0.2) is 0 Å². The molecule has 0 saturated heterocycles. The van der Waals surface area contributed by atoms with Crippen LogP contribution in [-0.4, -0.2) is 22.6 Å². The van der Waals surface area contributed by atoms with Crippen molar-refractivity contribution in [1.29, 1.82) is 0 Å². The lowest BCUT2D eigenvalue weighted by Crippen LogP contribution is -2.27. The maximum Gasteiger partial charge on any atom is 0.253 e. The fraction of sp³-hybridized carbons (Fsp3) is 0.250. The van der Waals surface area contributed by atoms with Crippen LogP contribution >= 0.6 is 0 Å². The highest BCUT2D eigenvalue weighted by Gasteiger charge is 2.11. The van der Waals surface area contributed by atoms with Gasteiger partial charge in [-0.3, -0.25) is 10.6 Å². The van der Waals surface area contributed by atoms with Crippen LogP contribution in [-0.2, 0) is 6.42 Å². The number of carbonyl (C=O) groups is 1. The standard InChI is InChI=1S/C12H15N5O2/c1-8-2-3-10(16-13)9(6-8)12(18)14-5-4-11-15-7-19-17-11/h2-3,6-7,16H,4-5,13H2,1H3,(H,14,18). The Kier molecular flexibility index (Phi) is 4.09. The molecule has 0 aliphatic carbocycles. The van der Waals surface area contributed by atoms with Gasteiger partial charge in [0.25, 0.3) is 5.91 Å². The Morgan fingerprint density at radius 3 is 3.00 bits per heavy atom. The Morgan fingerprint density at radius 2 is 2.32 bits per heavy atom. The van der Waals surface area contributed by atoms with Crippen molar-refractivity contribution in [2.75, 3.05) is 12.0 Å². The highest BCUT2D eigenvalue weighted by molar-refractivity contribution is 5.99. The molecule has 0 saturated carbocycles. The summed E-state index contributed by atoms with van der Waals surface area (Å²) in [6.07, 6.45) is 1.77. The Labute approximate surface area is 110 Å². The molecule has 100 valence electrons. The SMILES string of the molecule is Cc1ccc(NN)c(C(=O)NCCc2ncon2)c1. The topological polar surface area (TPSA) is 106 Å². The molecular formula is C12H15N5O2. The number of anilines is 1. The van der Waals surface area contributed by atoms with Gasteiger partial charge in [0.05, 0.1) is 11.3 Å². The molecule has 0 spiro atoms. The maximum atomic E-state index is 12.0. The van der Waals surface area contributed by atoms with E-state index in [-0.39, 0.29) is 5.91 Å². The zero-order valence-corrected chi connectivity index (χ0v) is 10.5. The van der Waals surface area contributed by atoms with Gasteiger partial charge in [-0.1, -0.05) is 16.8 Å². The molecule has 0 aliphatic heterocycles. The van der Waals surface area contributed by atoms with E-state index in [0.717, 1.165) is 5.56 Å². The summed E-state index contributed by atoms with van der Waals surface area (Å²) in [5.74, 6) is 5.74. The summed E-state index contributed by atoms with van der Waals surface area (Å²) in [5, 5.41) is 6.45. The second-order valence-electron chi connectivity index (χ2n) is 4.05. The smallest absolute Gasteiger partial charge is 0.253 e. The minimum Gasteiger partial charge on any atom is -0.352 e. The molecule has 0 fully saturated rings. The summed E-state index contributed by atoms with van der Waals surface area (Å²) in [4.78, 5) is 15.9. The highest BCUT2D eigenvalue weighted by atomic mass is 16.5. The van der Waals surface area contributed by atoms with Crippen molar-refractivity contribution in [3.8, 4) is 0 Å². The van der Waals surface area contributed by atoms with E-state index in [1.165, 1.54) is 6.39 Å². The monoisotopic (exact) mass is 261 g/mol. The Hall–Kier alpha value is -2.41. The fourth-order valence-electron chi connectivity index (χ4n) is 1.66. The molecule has 0 bridgehead atoms. The summed E-state index contributed by atoms with van der Waals surface area (Å²) in [5.41, 5.74) is 4.59. The third-order valence-corrected chi connectivity index (χ3v) is 2.62. The average molecular weight is 261 g/mol. The van der Waals surface area contributed by atoms with Crippen molar-refractivity contribution in [2.45, 2.75) is 13.3 Å². The number of hydrazine groups is 1. The van der Waals surface area contributed by atoms with E-state index in [1.807, 2.05) is 13.0 Å². The molecule has 19 heavy (non-hydrogen) atoms. The van der Waals surface area contributed by atoms with Crippen molar-refractivity contribution in [3.05, 3.63) is 41.5 Å². The zero-order valence-electron chi connectivity index (χ0n) is 10.5. The first-order valence-corrected chi connectivity index (χ1v) is 5.81. The van der Waals surface area contributed by atoms with Gasteiger partial charge in [0, 0.05) is 13.0 Å². The molecule has 0 unspecified atom stereocenters. The van der Waals surface area contributed by atoms with Gasteiger partial charge in [-0.15, -0.1) is 0 Å². The lowest BCUT2D eigenvalue weighted by atomic mass is 10.1. The van der Waals surface area contributed by atoms with Crippen LogP contribution in [0, 0.1) is 6.92 Å². The number of hydrogen-bond donors (Lipinski definition) is 3. The molecule has 7 nitrogen and oxygen atoms in total. The molecule has 0 aliphatic rings. The van der Waals surface area contributed by atoms with E-state index in [2.05, 4.69) is 25.4 Å². The van der Waals surface area contributed by atoms with E-state index in [1.54, 1.807) is 12.1 Å². The molecule has 7 heteroatoms. The zero-order chi connectivity index (χ0) is 13.7. The summed E-state index contributed by atoms with van der Waals surface area (Å²) in [6, 6.07) is 5.42. The van der Waals surface area contributed by atoms with Crippen LogP contribution in [0.1, 0.15) is 21.7 Å². The number of rotatable bonds is 5. The number of nitrogens with two attached hydrogens (primary N) is 1. The van der Waals surface area contributed by atoms with Gasteiger partial charge in [-0.2, -0.15) is 4.98 Å². The van der Waals surface area contributed by atoms with E-state index < -0.39 is 0 Å². The molecule has 0 atom stereocenters. The highest BCUT2D eigenvalue weighted by Crippen LogP contribution is 2.15. The van der Waals surface area contributed by atoms with E-state index in [0.29, 0.717) is 30.0 Å². The number of nitrogens with zero attached hydrogens (tertiary/aromatic N) is 2. The van der Waals surface area contributed by atoms with Gasteiger partial charge in [0.15, 0.2) is 5.82 Å². The number of amides is 1. The number of nitrogen functional groups attached to an aromatic ring is 1. The Morgan fingerprint density at radius 1 is 1.47 bits per heavy atom. The first-order valence-electron chi connectivity index (χ1n) is 5.81. The minimum absolute atomic E-state index is 0.194. The number of hydrogen-bond acceptors (Lipinski definition) is 6. The van der Waals surface area contributed by atoms with Crippen LogP contribution in [0.5, 0.6) is 0 Å². The largest absolute Gasteiger partial charge is 0.352 e. The molecule has 2 aromatic rings. The Balaban J connectivity index is 1.97. The molecule has 1 heterocycles. The molecule has 1 aromatic heterocycles. The minimum atomic E-state index is -0.194. The summed E-state index contributed by atoms with van der Waals surface area (Å²) < 4.78 is 4.61.